The fourth-order valence-electron chi connectivity index (χ4n) is 1.05. The van der Waals surface area contributed by atoms with Crippen molar-refractivity contribution in [3.05, 3.63) is 29.8 Å². The van der Waals surface area contributed by atoms with E-state index in [2.05, 4.69) is 0 Å². The number of hydrogen-bond donors (Lipinski definition) is 1. The van der Waals surface area contributed by atoms with Crippen LogP contribution >= 0.6 is 0 Å². The molecule has 0 heterocycles. The summed E-state index contributed by atoms with van der Waals surface area (Å²) < 4.78 is 0. The lowest BCUT2D eigenvalue weighted by Gasteiger charge is -2.15. The highest BCUT2D eigenvalue weighted by atomic mass is 16.7. The van der Waals surface area contributed by atoms with Gasteiger partial charge in [-0.1, -0.05) is 12.1 Å². The number of nitrogens with zero attached hydrogens (tertiary/aromatic N) is 1. The molecular formula is C10H13NO3. The maximum absolute atomic E-state index is 10.6. The van der Waals surface area contributed by atoms with Gasteiger partial charge in [-0.15, -0.1) is 0 Å². The third-order valence-corrected chi connectivity index (χ3v) is 1.74. The van der Waals surface area contributed by atoms with Gasteiger partial charge in [0.1, 0.15) is 0 Å². The largest absolute Gasteiger partial charge is 0.392 e. The number of aliphatic hydroxyl groups excluding tert-OH is 1. The molecule has 14 heavy (non-hydrogen) atoms. The van der Waals surface area contributed by atoms with Gasteiger partial charge in [0.2, 0.25) is 6.41 Å². The maximum atomic E-state index is 10.6. The van der Waals surface area contributed by atoms with Gasteiger partial charge in [-0.25, -0.2) is 0 Å². The number of hydrogen-bond acceptors (Lipinski definition) is 3. The van der Waals surface area contributed by atoms with Crippen LogP contribution in [0, 0.1) is 0 Å². The highest BCUT2D eigenvalue weighted by Crippen LogP contribution is 2.14. The van der Waals surface area contributed by atoms with Gasteiger partial charge in [-0.3, -0.25) is 9.63 Å². The summed E-state index contributed by atoms with van der Waals surface area (Å²) in [5.74, 6) is 0. The summed E-state index contributed by atoms with van der Waals surface area (Å²) in [6, 6.07) is 6.92. The maximum Gasteiger partial charge on any atom is 0.238 e. The molecule has 0 aliphatic rings. The van der Waals surface area contributed by atoms with Crippen molar-refractivity contribution in [3.63, 3.8) is 0 Å². The van der Waals surface area contributed by atoms with E-state index < -0.39 is 0 Å². The van der Waals surface area contributed by atoms with E-state index in [-0.39, 0.29) is 6.61 Å². The van der Waals surface area contributed by atoms with Crippen LogP contribution in [-0.2, 0) is 16.2 Å². The molecule has 0 aromatic heterocycles. The molecule has 76 valence electrons. The highest BCUT2D eigenvalue weighted by Gasteiger charge is 2.03. The predicted molar refractivity (Wildman–Crippen MR) is 52.5 cm³/mol. The lowest BCUT2D eigenvalue weighted by molar-refractivity contribution is -0.113. The van der Waals surface area contributed by atoms with Gasteiger partial charge >= 0.3 is 0 Å². The minimum Gasteiger partial charge on any atom is -0.392 e. The molecule has 1 aromatic carbocycles. The van der Waals surface area contributed by atoms with Crippen LogP contribution in [-0.4, -0.2) is 18.1 Å². The summed E-state index contributed by atoms with van der Waals surface area (Å²) in [6.07, 6.45) is 0.609. The average Bonchev–Trinajstić information content (AvgIpc) is 2.26. The van der Waals surface area contributed by atoms with Crippen LogP contribution in [0.3, 0.4) is 0 Å². The van der Waals surface area contributed by atoms with E-state index in [4.69, 9.17) is 9.94 Å². The normalized spacial score (nSPS) is 9.86. The predicted octanol–water partition coefficient (Wildman–Crippen LogP) is 1.09. The van der Waals surface area contributed by atoms with E-state index in [1.165, 1.54) is 0 Å². The molecule has 0 atom stereocenters. The summed E-state index contributed by atoms with van der Waals surface area (Å²) in [5, 5.41) is 9.97. The number of benzene rings is 1. The van der Waals surface area contributed by atoms with Crippen LogP contribution in [0.2, 0.25) is 0 Å². The number of carbonyl (C=O) groups is 1. The zero-order chi connectivity index (χ0) is 10.4. The van der Waals surface area contributed by atoms with Gasteiger partial charge in [-0.2, -0.15) is 5.06 Å². The van der Waals surface area contributed by atoms with Crippen molar-refractivity contribution in [2.75, 3.05) is 11.7 Å². The van der Waals surface area contributed by atoms with E-state index in [1.807, 2.05) is 0 Å². The van der Waals surface area contributed by atoms with Crippen molar-refractivity contribution in [1.29, 1.82) is 0 Å². The molecule has 1 amide bonds. The second-order valence-corrected chi connectivity index (χ2v) is 2.67. The Bertz CT molecular complexity index is 284. The molecule has 0 fully saturated rings. The van der Waals surface area contributed by atoms with Crippen molar-refractivity contribution < 1.29 is 14.7 Å². The molecule has 0 unspecified atom stereocenters. The Kier molecular flexibility index (Phi) is 4.10. The van der Waals surface area contributed by atoms with Crippen LogP contribution in [0.5, 0.6) is 0 Å². The molecule has 0 spiro atoms. The number of amides is 1. The molecule has 1 rings (SSSR count). The zero-order valence-electron chi connectivity index (χ0n) is 8.01. The molecule has 0 bridgehead atoms. The van der Waals surface area contributed by atoms with Crippen molar-refractivity contribution >= 4 is 12.1 Å². The SMILES string of the molecule is CCON(C=O)c1ccc(CO)cc1. The molecule has 0 saturated carbocycles. The van der Waals surface area contributed by atoms with Crippen LogP contribution in [0.25, 0.3) is 0 Å². The minimum absolute atomic E-state index is 0.00396. The fourth-order valence-corrected chi connectivity index (χ4v) is 1.05. The van der Waals surface area contributed by atoms with Crippen molar-refractivity contribution in [2.45, 2.75) is 13.5 Å². The second-order valence-electron chi connectivity index (χ2n) is 2.67. The first kappa shape index (κ1) is 10.7. The van der Waals surface area contributed by atoms with Crippen LogP contribution in [0.1, 0.15) is 12.5 Å². The number of anilines is 1. The van der Waals surface area contributed by atoms with Crippen molar-refractivity contribution in [1.82, 2.24) is 0 Å². The Morgan fingerprint density at radius 1 is 1.43 bits per heavy atom. The standard InChI is InChI=1S/C10H13NO3/c1-2-14-11(8-13)10-5-3-9(7-12)4-6-10/h3-6,8,12H,2,7H2,1H3. The summed E-state index contributed by atoms with van der Waals surface area (Å²) in [4.78, 5) is 15.7. The molecule has 4 heteroatoms. The van der Waals surface area contributed by atoms with Gasteiger partial charge in [0.25, 0.3) is 0 Å². The molecule has 0 saturated heterocycles. The molecule has 0 aliphatic carbocycles. The lowest BCUT2D eigenvalue weighted by atomic mass is 10.2. The number of hydroxylamine groups is 1. The van der Waals surface area contributed by atoms with Gasteiger partial charge in [0.15, 0.2) is 0 Å². The highest BCUT2D eigenvalue weighted by molar-refractivity contribution is 5.72. The zero-order valence-corrected chi connectivity index (χ0v) is 8.01. The van der Waals surface area contributed by atoms with Crippen LogP contribution < -0.4 is 5.06 Å². The fraction of sp³-hybridized carbons (Fsp3) is 0.300. The number of rotatable bonds is 5. The third kappa shape index (κ3) is 2.55. The topological polar surface area (TPSA) is 49.8 Å². The Morgan fingerprint density at radius 2 is 2.07 bits per heavy atom. The van der Waals surface area contributed by atoms with E-state index in [1.54, 1.807) is 31.2 Å². The smallest absolute Gasteiger partial charge is 0.238 e. The van der Waals surface area contributed by atoms with E-state index in [9.17, 15) is 4.79 Å². The van der Waals surface area contributed by atoms with E-state index in [0.29, 0.717) is 18.7 Å². The molecule has 0 radical (unpaired) electrons. The average molecular weight is 195 g/mol. The summed E-state index contributed by atoms with van der Waals surface area (Å²) in [5.41, 5.74) is 1.45. The number of carbonyl (C=O) groups excluding carboxylic acids is 1. The molecule has 0 aliphatic heterocycles. The molecule has 1 aromatic rings. The van der Waals surface area contributed by atoms with E-state index in [0.717, 1.165) is 10.6 Å². The molecule has 1 N–H and O–H groups in total. The second kappa shape index (κ2) is 5.36. The van der Waals surface area contributed by atoms with E-state index >= 15 is 0 Å². The van der Waals surface area contributed by atoms with Gasteiger partial charge in [0, 0.05) is 0 Å². The van der Waals surface area contributed by atoms with Crippen molar-refractivity contribution in [3.8, 4) is 0 Å². The summed E-state index contributed by atoms with van der Waals surface area (Å²) in [6.45, 7) is 2.23. The number of aliphatic hydroxyl groups is 1. The first-order chi connectivity index (χ1) is 6.81. The van der Waals surface area contributed by atoms with Gasteiger partial charge in [0.05, 0.1) is 18.9 Å². The summed E-state index contributed by atoms with van der Waals surface area (Å²) in [7, 11) is 0. The Balaban J connectivity index is 2.78. The van der Waals surface area contributed by atoms with Crippen LogP contribution in [0.15, 0.2) is 24.3 Å². The van der Waals surface area contributed by atoms with Crippen LogP contribution in [0.4, 0.5) is 5.69 Å². The first-order valence-electron chi connectivity index (χ1n) is 4.39. The third-order valence-electron chi connectivity index (χ3n) is 1.74. The first-order valence-corrected chi connectivity index (χ1v) is 4.39. The Labute approximate surface area is 82.7 Å². The monoisotopic (exact) mass is 195 g/mol. The summed E-state index contributed by atoms with van der Waals surface area (Å²) >= 11 is 0. The van der Waals surface area contributed by atoms with Crippen molar-refractivity contribution in [2.24, 2.45) is 0 Å². The van der Waals surface area contributed by atoms with Gasteiger partial charge in [-0.05, 0) is 24.6 Å². The van der Waals surface area contributed by atoms with Gasteiger partial charge < -0.3 is 5.11 Å². The molecule has 4 nitrogen and oxygen atoms in total. The quantitative estimate of drug-likeness (QED) is 0.565. The Morgan fingerprint density at radius 3 is 2.50 bits per heavy atom. The molecular weight excluding hydrogens is 182 g/mol. The Hall–Kier alpha value is -1.39. The lowest BCUT2D eigenvalue weighted by Crippen LogP contribution is -2.21. The minimum atomic E-state index is -0.00396.